The Labute approximate surface area is 166 Å². The lowest BCUT2D eigenvalue weighted by atomic mass is 10.2. The molecule has 2 aromatic carbocycles. The number of rotatable bonds is 6. The number of hydrogen-bond acceptors (Lipinski definition) is 2. The minimum atomic E-state index is 0.0447. The molecule has 1 fully saturated rings. The Hall–Kier alpha value is -2.30. The van der Waals surface area contributed by atoms with Gasteiger partial charge in [0.2, 0.25) is 0 Å². The number of ether oxygens (including phenoxy) is 1. The first-order valence-electron chi connectivity index (χ1n) is 9.34. The van der Waals surface area contributed by atoms with Gasteiger partial charge in [-0.1, -0.05) is 48.0 Å². The maximum Gasteiger partial charge on any atom is 0.260 e. The van der Waals surface area contributed by atoms with Gasteiger partial charge in [-0.25, -0.2) is 0 Å². The van der Waals surface area contributed by atoms with Gasteiger partial charge in [-0.2, -0.15) is 0 Å². The Balaban J connectivity index is 1.40. The fraction of sp³-hybridized carbons (Fsp3) is 0.318. The van der Waals surface area contributed by atoms with Crippen LogP contribution in [0.25, 0.3) is 6.08 Å². The second kappa shape index (κ2) is 9.58. The highest BCUT2D eigenvalue weighted by atomic mass is 35.5. The fourth-order valence-corrected chi connectivity index (χ4v) is 3.43. The summed E-state index contributed by atoms with van der Waals surface area (Å²) in [6.07, 6.45) is 4.38. The second-order valence-electron chi connectivity index (χ2n) is 6.85. The number of amides is 1. The molecule has 3 rings (SSSR count). The number of nitrogens with one attached hydrogen (secondary N) is 1. The van der Waals surface area contributed by atoms with Crippen molar-refractivity contribution in [3.05, 3.63) is 70.8 Å². The lowest BCUT2D eigenvalue weighted by Gasteiger charge is -2.31. The summed E-state index contributed by atoms with van der Waals surface area (Å²) in [7, 11) is 0. The van der Waals surface area contributed by atoms with Gasteiger partial charge in [-0.05, 0) is 42.3 Å². The molecule has 0 bridgehead atoms. The standard InChI is InChI=1S/C22H25ClN2O2/c1-18-16-20(23)9-10-21(18)27-17-22(26)25-14-12-24(13-15-25)11-5-8-19-6-3-2-4-7-19/h2-10,16H,11-15,17H2,1H3/p+1. The first-order valence-corrected chi connectivity index (χ1v) is 9.71. The highest BCUT2D eigenvalue weighted by Crippen LogP contribution is 2.21. The van der Waals surface area contributed by atoms with Crippen molar-refractivity contribution in [1.29, 1.82) is 0 Å². The number of carbonyl (C=O) groups excluding carboxylic acids is 1. The minimum absolute atomic E-state index is 0.0447. The number of hydrogen-bond donors (Lipinski definition) is 1. The molecule has 0 atom stereocenters. The zero-order valence-electron chi connectivity index (χ0n) is 15.7. The first-order chi connectivity index (χ1) is 13.1. The molecule has 27 heavy (non-hydrogen) atoms. The average Bonchev–Trinajstić information content (AvgIpc) is 2.68. The molecule has 1 N–H and O–H groups in total. The third kappa shape index (κ3) is 5.84. The van der Waals surface area contributed by atoms with Crippen LogP contribution in [0.5, 0.6) is 5.75 Å². The van der Waals surface area contributed by atoms with Gasteiger partial charge in [0.1, 0.15) is 5.75 Å². The number of nitrogens with zero attached hydrogens (tertiary/aromatic N) is 1. The van der Waals surface area contributed by atoms with Crippen molar-refractivity contribution < 1.29 is 14.4 Å². The van der Waals surface area contributed by atoms with E-state index in [2.05, 4.69) is 24.3 Å². The number of benzene rings is 2. The number of piperazine rings is 1. The van der Waals surface area contributed by atoms with Crippen molar-refractivity contribution in [3.63, 3.8) is 0 Å². The second-order valence-corrected chi connectivity index (χ2v) is 7.28. The molecular formula is C22H26ClN2O2+. The highest BCUT2D eigenvalue weighted by molar-refractivity contribution is 6.30. The molecule has 1 heterocycles. The summed E-state index contributed by atoms with van der Waals surface area (Å²) in [6, 6.07) is 15.7. The number of aryl methyl sites for hydroxylation is 1. The summed E-state index contributed by atoms with van der Waals surface area (Å²) in [5.41, 5.74) is 2.16. The van der Waals surface area contributed by atoms with E-state index in [1.807, 2.05) is 42.2 Å². The quantitative estimate of drug-likeness (QED) is 0.828. The molecule has 0 aliphatic carbocycles. The summed E-state index contributed by atoms with van der Waals surface area (Å²) >= 11 is 5.95. The predicted octanol–water partition coefficient (Wildman–Crippen LogP) is 2.47. The summed E-state index contributed by atoms with van der Waals surface area (Å²) in [5.74, 6) is 0.756. The molecule has 0 spiro atoms. The molecule has 0 aromatic heterocycles. The molecule has 0 unspecified atom stereocenters. The van der Waals surface area contributed by atoms with Crippen molar-refractivity contribution in [2.24, 2.45) is 0 Å². The molecule has 1 aliphatic rings. The van der Waals surface area contributed by atoms with Crippen molar-refractivity contribution in [2.45, 2.75) is 6.92 Å². The largest absolute Gasteiger partial charge is 0.483 e. The molecule has 0 radical (unpaired) electrons. The van der Waals surface area contributed by atoms with Crippen molar-refractivity contribution in [1.82, 2.24) is 4.90 Å². The molecule has 1 amide bonds. The molecule has 5 heteroatoms. The van der Waals surface area contributed by atoms with Gasteiger partial charge in [-0.15, -0.1) is 0 Å². The van der Waals surface area contributed by atoms with Crippen LogP contribution in [0.15, 0.2) is 54.6 Å². The molecule has 1 aliphatic heterocycles. The monoisotopic (exact) mass is 385 g/mol. The molecule has 0 saturated carbocycles. The van der Waals surface area contributed by atoms with Crippen LogP contribution >= 0.6 is 11.6 Å². The maximum atomic E-state index is 12.4. The summed E-state index contributed by atoms with van der Waals surface area (Å²) in [4.78, 5) is 15.8. The summed E-state index contributed by atoms with van der Waals surface area (Å²) in [5, 5.41) is 0.673. The number of carbonyl (C=O) groups is 1. The Kier molecular flexibility index (Phi) is 6.91. The van der Waals surface area contributed by atoms with Gasteiger partial charge in [0.15, 0.2) is 6.61 Å². The van der Waals surface area contributed by atoms with E-state index < -0.39 is 0 Å². The van der Waals surface area contributed by atoms with Gasteiger partial charge in [0, 0.05) is 5.02 Å². The van der Waals surface area contributed by atoms with E-state index in [9.17, 15) is 4.79 Å². The Morgan fingerprint density at radius 3 is 2.63 bits per heavy atom. The van der Waals surface area contributed by atoms with Crippen LogP contribution in [0, 0.1) is 6.92 Å². The van der Waals surface area contributed by atoms with Crippen molar-refractivity contribution in [2.75, 3.05) is 39.3 Å². The Morgan fingerprint density at radius 2 is 1.93 bits per heavy atom. The van der Waals surface area contributed by atoms with E-state index in [0.29, 0.717) is 10.8 Å². The zero-order valence-corrected chi connectivity index (χ0v) is 16.4. The van der Waals surface area contributed by atoms with Crippen LogP contribution in [0.3, 0.4) is 0 Å². The van der Waals surface area contributed by atoms with E-state index in [1.54, 1.807) is 6.07 Å². The average molecular weight is 386 g/mol. The molecule has 142 valence electrons. The number of quaternary nitrogens is 1. The van der Waals surface area contributed by atoms with Gasteiger partial charge in [0.25, 0.3) is 5.91 Å². The Bertz CT molecular complexity index is 784. The van der Waals surface area contributed by atoms with Crippen LogP contribution in [0.2, 0.25) is 5.02 Å². The van der Waals surface area contributed by atoms with Crippen LogP contribution < -0.4 is 9.64 Å². The van der Waals surface area contributed by atoms with Crippen LogP contribution in [-0.4, -0.2) is 50.1 Å². The lowest BCUT2D eigenvalue weighted by molar-refractivity contribution is -0.898. The first kappa shape index (κ1) is 19.5. The molecule has 1 saturated heterocycles. The van der Waals surface area contributed by atoms with Crippen LogP contribution in [0.4, 0.5) is 0 Å². The van der Waals surface area contributed by atoms with Crippen LogP contribution in [-0.2, 0) is 4.79 Å². The highest BCUT2D eigenvalue weighted by Gasteiger charge is 2.23. The van der Waals surface area contributed by atoms with Gasteiger partial charge in [-0.3, -0.25) is 4.79 Å². The topological polar surface area (TPSA) is 34.0 Å². The smallest absolute Gasteiger partial charge is 0.260 e. The molecule has 2 aromatic rings. The summed E-state index contributed by atoms with van der Waals surface area (Å²) in [6.45, 7) is 6.46. The maximum absolute atomic E-state index is 12.4. The lowest BCUT2D eigenvalue weighted by Crippen LogP contribution is -3.14. The SMILES string of the molecule is Cc1cc(Cl)ccc1OCC(=O)N1CC[NH+](CC=Cc2ccccc2)CC1. The van der Waals surface area contributed by atoms with Gasteiger partial charge >= 0.3 is 0 Å². The van der Waals surface area contributed by atoms with Crippen molar-refractivity contribution >= 4 is 23.6 Å². The fourth-order valence-electron chi connectivity index (χ4n) is 3.21. The van der Waals surface area contributed by atoms with Gasteiger partial charge in [0.05, 0.1) is 32.7 Å². The number of halogens is 1. The Morgan fingerprint density at radius 1 is 1.19 bits per heavy atom. The van der Waals surface area contributed by atoms with E-state index in [1.165, 1.54) is 10.5 Å². The third-order valence-electron chi connectivity index (χ3n) is 4.83. The van der Waals surface area contributed by atoms with Gasteiger partial charge < -0.3 is 14.5 Å². The van der Waals surface area contributed by atoms with Crippen molar-refractivity contribution in [3.8, 4) is 5.75 Å². The predicted molar refractivity (Wildman–Crippen MR) is 109 cm³/mol. The molecular weight excluding hydrogens is 360 g/mol. The zero-order chi connectivity index (χ0) is 19.1. The third-order valence-corrected chi connectivity index (χ3v) is 5.06. The van der Waals surface area contributed by atoms with E-state index >= 15 is 0 Å². The van der Waals surface area contributed by atoms with Crippen LogP contribution in [0.1, 0.15) is 11.1 Å². The molecule has 4 nitrogen and oxygen atoms in total. The minimum Gasteiger partial charge on any atom is -0.483 e. The van der Waals surface area contributed by atoms with E-state index in [4.69, 9.17) is 16.3 Å². The van der Waals surface area contributed by atoms with E-state index in [0.717, 1.165) is 38.3 Å². The normalized spacial score (nSPS) is 15.3. The summed E-state index contributed by atoms with van der Waals surface area (Å²) < 4.78 is 5.68. The van der Waals surface area contributed by atoms with E-state index in [-0.39, 0.29) is 12.5 Å².